The van der Waals surface area contributed by atoms with Crippen molar-refractivity contribution in [2.24, 2.45) is 5.73 Å². The summed E-state index contributed by atoms with van der Waals surface area (Å²) in [5, 5.41) is 10.7. The van der Waals surface area contributed by atoms with Gasteiger partial charge in [-0.15, -0.1) is 0 Å². The van der Waals surface area contributed by atoms with Crippen LogP contribution in [0, 0.1) is 0 Å². The van der Waals surface area contributed by atoms with Crippen LogP contribution >= 0.6 is 27.5 Å². The van der Waals surface area contributed by atoms with E-state index in [1.54, 1.807) is 6.07 Å². The van der Waals surface area contributed by atoms with E-state index >= 15 is 0 Å². The highest BCUT2D eigenvalue weighted by molar-refractivity contribution is 9.10. The Morgan fingerprint density at radius 2 is 2.39 bits per heavy atom. The molecule has 0 radical (unpaired) electrons. The number of carbonyl (C=O) groups excluding carboxylic acids is 1. The van der Waals surface area contributed by atoms with Gasteiger partial charge in [0.25, 0.3) is 5.91 Å². The van der Waals surface area contributed by atoms with E-state index < -0.39 is 11.5 Å². The maximum atomic E-state index is 11.3. The van der Waals surface area contributed by atoms with Gasteiger partial charge in [0.05, 0.1) is 16.0 Å². The van der Waals surface area contributed by atoms with Crippen LogP contribution in [-0.2, 0) is 4.79 Å². The van der Waals surface area contributed by atoms with Gasteiger partial charge in [0.2, 0.25) is 0 Å². The number of hydrogen-bond acceptors (Lipinski definition) is 4. The highest BCUT2D eigenvalue weighted by atomic mass is 79.9. The molecule has 2 heterocycles. The molecule has 1 amide bonds. The average Bonchev–Trinajstić information content (AvgIpc) is 2.28. The number of rotatable bonds is 2. The molecule has 0 bridgehead atoms. The summed E-state index contributed by atoms with van der Waals surface area (Å²) in [5.74, 6) is -0.0453. The zero-order chi connectivity index (χ0) is 13.3. The van der Waals surface area contributed by atoms with E-state index in [0.29, 0.717) is 30.2 Å². The minimum absolute atomic E-state index is 0.148. The lowest BCUT2D eigenvalue weighted by Gasteiger charge is -2.38. The van der Waals surface area contributed by atoms with E-state index in [2.05, 4.69) is 20.9 Å². The normalized spacial score (nSPS) is 24.1. The molecular formula is C11H13BrClN3O2. The third-order valence-electron chi connectivity index (χ3n) is 3.02. The van der Waals surface area contributed by atoms with Crippen molar-refractivity contribution in [3.63, 3.8) is 0 Å². The number of piperidine rings is 1. The van der Waals surface area contributed by atoms with E-state index in [1.165, 1.54) is 6.20 Å². The third kappa shape index (κ3) is 2.60. The molecule has 0 saturated carbocycles. The number of nitrogens with zero attached hydrogens (tertiary/aromatic N) is 2. The van der Waals surface area contributed by atoms with Gasteiger partial charge in [0.15, 0.2) is 5.60 Å². The Labute approximate surface area is 118 Å². The molecule has 5 nitrogen and oxygen atoms in total. The number of aromatic nitrogens is 1. The zero-order valence-corrected chi connectivity index (χ0v) is 11.9. The monoisotopic (exact) mass is 333 g/mol. The number of β-amino-alcohol motifs (C(OH)–C–C–N with tert-alkyl or cyclic N) is 1. The van der Waals surface area contributed by atoms with Gasteiger partial charge in [0, 0.05) is 12.7 Å². The average molecular weight is 335 g/mol. The summed E-state index contributed by atoms with van der Waals surface area (Å²) >= 11 is 9.20. The molecule has 0 spiro atoms. The lowest BCUT2D eigenvalue weighted by molar-refractivity contribution is -0.137. The van der Waals surface area contributed by atoms with E-state index in [0.717, 1.165) is 4.47 Å². The molecule has 18 heavy (non-hydrogen) atoms. The molecule has 1 aliphatic rings. The zero-order valence-electron chi connectivity index (χ0n) is 9.57. The Bertz CT molecular complexity index is 485. The van der Waals surface area contributed by atoms with Gasteiger partial charge < -0.3 is 15.7 Å². The summed E-state index contributed by atoms with van der Waals surface area (Å²) in [4.78, 5) is 17.3. The van der Waals surface area contributed by atoms with Crippen molar-refractivity contribution in [1.29, 1.82) is 0 Å². The maximum absolute atomic E-state index is 11.3. The second kappa shape index (κ2) is 5.03. The summed E-state index contributed by atoms with van der Waals surface area (Å²) in [6.45, 7) is 0.860. The molecule has 7 heteroatoms. The topological polar surface area (TPSA) is 79.5 Å². The SMILES string of the molecule is NC(=O)[C@]1(O)CCCN(c2ncc(Cl)cc2Br)C1. The smallest absolute Gasteiger partial charge is 0.251 e. The van der Waals surface area contributed by atoms with Crippen molar-refractivity contribution in [2.75, 3.05) is 18.0 Å². The molecule has 1 saturated heterocycles. The fourth-order valence-electron chi connectivity index (χ4n) is 2.06. The largest absolute Gasteiger partial charge is 0.378 e. The van der Waals surface area contributed by atoms with Gasteiger partial charge >= 0.3 is 0 Å². The van der Waals surface area contributed by atoms with Crippen molar-refractivity contribution in [2.45, 2.75) is 18.4 Å². The number of carbonyl (C=O) groups is 1. The molecule has 0 aliphatic carbocycles. The molecule has 3 N–H and O–H groups in total. The highest BCUT2D eigenvalue weighted by Crippen LogP contribution is 2.31. The number of anilines is 1. The number of pyridine rings is 1. The van der Waals surface area contributed by atoms with Crippen molar-refractivity contribution < 1.29 is 9.90 Å². The van der Waals surface area contributed by atoms with Crippen molar-refractivity contribution >= 4 is 39.3 Å². The summed E-state index contributed by atoms with van der Waals surface area (Å²) in [7, 11) is 0. The Morgan fingerprint density at radius 3 is 3.00 bits per heavy atom. The fraction of sp³-hybridized carbons (Fsp3) is 0.455. The number of hydrogen-bond donors (Lipinski definition) is 2. The van der Waals surface area contributed by atoms with Crippen LogP contribution in [0.2, 0.25) is 5.02 Å². The van der Waals surface area contributed by atoms with Crippen LogP contribution in [0.4, 0.5) is 5.82 Å². The van der Waals surface area contributed by atoms with E-state index in [1.807, 2.05) is 4.90 Å². The molecule has 1 aliphatic heterocycles. The minimum atomic E-state index is -1.49. The number of aliphatic hydroxyl groups is 1. The fourth-order valence-corrected chi connectivity index (χ4v) is 2.95. The number of halogens is 2. The first-order chi connectivity index (χ1) is 8.42. The third-order valence-corrected chi connectivity index (χ3v) is 3.81. The van der Waals surface area contributed by atoms with Gasteiger partial charge in [-0.25, -0.2) is 4.98 Å². The van der Waals surface area contributed by atoms with Gasteiger partial charge in [-0.1, -0.05) is 11.6 Å². The van der Waals surface area contributed by atoms with Gasteiger partial charge in [-0.3, -0.25) is 4.79 Å². The van der Waals surface area contributed by atoms with E-state index in [4.69, 9.17) is 17.3 Å². The van der Waals surface area contributed by atoms with Gasteiger partial charge in [-0.05, 0) is 34.8 Å². The Hall–Kier alpha value is -0.850. The first-order valence-electron chi connectivity index (χ1n) is 5.51. The first-order valence-corrected chi connectivity index (χ1v) is 6.68. The van der Waals surface area contributed by atoms with Crippen molar-refractivity contribution in [1.82, 2.24) is 4.98 Å². The van der Waals surface area contributed by atoms with Crippen LogP contribution in [0.5, 0.6) is 0 Å². The highest BCUT2D eigenvalue weighted by Gasteiger charge is 2.39. The van der Waals surface area contributed by atoms with Gasteiger partial charge in [-0.2, -0.15) is 0 Å². The standard InChI is InChI=1S/C11H13BrClN3O2/c12-8-4-7(13)5-15-9(8)16-3-1-2-11(18,6-16)10(14)17/h4-5,18H,1-3,6H2,(H2,14,17)/t11-/m0/s1. The Kier molecular flexibility index (Phi) is 3.79. The molecule has 98 valence electrons. The van der Waals surface area contributed by atoms with Crippen LogP contribution in [0.1, 0.15) is 12.8 Å². The number of nitrogens with two attached hydrogens (primary N) is 1. The Morgan fingerprint density at radius 1 is 1.67 bits per heavy atom. The molecule has 2 rings (SSSR count). The summed E-state index contributed by atoms with van der Waals surface area (Å²) in [6, 6.07) is 1.72. The molecular weight excluding hydrogens is 321 g/mol. The predicted molar refractivity (Wildman–Crippen MR) is 72.5 cm³/mol. The molecule has 1 atom stereocenters. The number of amides is 1. The molecule has 1 aromatic heterocycles. The van der Waals surface area contributed by atoms with Crippen molar-refractivity contribution in [3.05, 3.63) is 21.8 Å². The molecule has 1 fully saturated rings. The lowest BCUT2D eigenvalue weighted by atomic mass is 9.92. The number of primary amides is 1. The van der Waals surface area contributed by atoms with Crippen LogP contribution in [0.25, 0.3) is 0 Å². The minimum Gasteiger partial charge on any atom is -0.378 e. The summed E-state index contributed by atoms with van der Waals surface area (Å²) in [5.41, 5.74) is 3.75. The molecule has 0 aromatic carbocycles. The van der Waals surface area contributed by atoms with Crippen LogP contribution in [-0.4, -0.2) is 34.7 Å². The quantitative estimate of drug-likeness (QED) is 0.855. The second-order valence-electron chi connectivity index (χ2n) is 4.38. The summed E-state index contributed by atoms with van der Waals surface area (Å²) in [6.07, 6.45) is 2.58. The van der Waals surface area contributed by atoms with E-state index in [9.17, 15) is 9.90 Å². The first kappa shape index (κ1) is 13.6. The predicted octanol–water partition coefficient (Wildman–Crippen LogP) is 1.31. The maximum Gasteiger partial charge on any atom is 0.251 e. The molecule has 1 aromatic rings. The van der Waals surface area contributed by atoms with E-state index in [-0.39, 0.29) is 6.54 Å². The van der Waals surface area contributed by atoms with Crippen molar-refractivity contribution in [3.8, 4) is 0 Å². The van der Waals surface area contributed by atoms with Gasteiger partial charge in [0.1, 0.15) is 5.82 Å². The Balaban J connectivity index is 2.26. The molecule has 0 unspecified atom stereocenters. The lowest BCUT2D eigenvalue weighted by Crippen LogP contribution is -2.56. The van der Waals surface area contributed by atoms with Crippen LogP contribution < -0.4 is 10.6 Å². The second-order valence-corrected chi connectivity index (χ2v) is 5.67. The van der Waals surface area contributed by atoms with Crippen LogP contribution in [0.3, 0.4) is 0 Å². The van der Waals surface area contributed by atoms with Crippen LogP contribution in [0.15, 0.2) is 16.7 Å². The summed E-state index contributed by atoms with van der Waals surface area (Å²) < 4.78 is 0.726.